The van der Waals surface area contributed by atoms with E-state index in [9.17, 15) is 19.2 Å². The number of ether oxygens (including phenoxy) is 4. The first-order chi connectivity index (χ1) is 23.4. The molecule has 0 spiro atoms. The van der Waals surface area contributed by atoms with Gasteiger partial charge in [-0.25, -0.2) is 4.79 Å². The topological polar surface area (TPSA) is 145 Å². The molecule has 0 aliphatic carbocycles. The molecule has 0 bridgehead atoms. The summed E-state index contributed by atoms with van der Waals surface area (Å²) in [5.41, 5.74) is 2.05. The summed E-state index contributed by atoms with van der Waals surface area (Å²) in [5, 5.41) is 8.31. The zero-order chi connectivity index (χ0) is 35.8. The minimum atomic E-state index is -0.582. The van der Waals surface area contributed by atoms with E-state index in [1.54, 1.807) is 75.2 Å². The van der Waals surface area contributed by atoms with Gasteiger partial charge in [0.1, 0.15) is 17.1 Å². The maximum atomic E-state index is 13.6. The number of hydrogen-bond acceptors (Lipinski definition) is 8. The second-order valence-corrected chi connectivity index (χ2v) is 12.2. The smallest absolute Gasteiger partial charge is 0.407 e. The number of hydrogen-bond donors (Lipinski definition) is 3. The molecule has 0 aliphatic rings. The van der Waals surface area contributed by atoms with Crippen molar-refractivity contribution in [3.05, 3.63) is 83.4 Å². The van der Waals surface area contributed by atoms with Crippen molar-refractivity contribution in [1.82, 2.24) is 10.6 Å². The fraction of sp³-hybridized carbons (Fsp3) is 0.405. The molecule has 3 aromatic carbocycles. The van der Waals surface area contributed by atoms with Crippen molar-refractivity contribution in [3.63, 3.8) is 0 Å². The summed E-state index contributed by atoms with van der Waals surface area (Å²) in [4.78, 5) is 51.3. The molecule has 0 saturated heterocycles. The number of nitrogens with zero attached hydrogens (tertiary/aromatic N) is 1. The Kier molecular flexibility index (Phi) is 14.9. The number of anilines is 2. The van der Waals surface area contributed by atoms with Crippen molar-refractivity contribution >= 4 is 35.2 Å². The van der Waals surface area contributed by atoms with E-state index in [1.165, 1.54) is 14.0 Å². The molecule has 0 atom stereocenters. The molecule has 3 rings (SSSR count). The van der Waals surface area contributed by atoms with Gasteiger partial charge < -0.3 is 39.8 Å². The molecule has 0 radical (unpaired) electrons. The number of alkyl carbamates (subject to hydrolysis) is 1. The predicted octanol–water partition coefficient (Wildman–Crippen LogP) is 5.95. The average molecular weight is 677 g/mol. The quantitative estimate of drug-likeness (QED) is 0.149. The minimum Gasteiger partial charge on any atom is -0.495 e. The summed E-state index contributed by atoms with van der Waals surface area (Å²) < 4.78 is 22.5. The normalized spacial score (nSPS) is 10.9. The number of amides is 4. The number of carbonyl (C=O) groups is 4. The van der Waals surface area contributed by atoms with E-state index in [0.29, 0.717) is 66.7 Å². The predicted molar refractivity (Wildman–Crippen MR) is 188 cm³/mol. The molecule has 0 fully saturated rings. The summed E-state index contributed by atoms with van der Waals surface area (Å²) in [6.07, 6.45) is 1.62. The molecular formula is C37H48N4O8. The fourth-order valence-electron chi connectivity index (χ4n) is 4.69. The molecule has 0 aromatic heterocycles. The van der Waals surface area contributed by atoms with Crippen molar-refractivity contribution in [2.45, 2.75) is 59.2 Å². The standard InChI is InChI=1S/C37H48N4O8/c1-26(42)38-20-11-12-22-47-25-28-14-7-9-16-31(28)41(5)35(44)27-18-19-30(33(24-27)46-6)40-34(43)29-15-8-10-17-32(29)48-23-13-21-39-36(45)49-37(2,3)4/h7-10,14-19,24H,11-13,20-23,25H2,1-6H3,(H,38,42)(H,39,45)(H,40,43). The van der Waals surface area contributed by atoms with E-state index in [2.05, 4.69) is 16.0 Å². The van der Waals surface area contributed by atoms with Crippen LogP contribution in [0.25, 0.3) is 0 Å². The van der Waals surface area contributed by atoms with Crippen LogP contribution in [0.2, 0.25) is 0 Å². The third-order valence-corrected chi connectivity index (χ3v) is 7.08. The van der Waals surface area contributed by atoms with Crippen LogP contribution in [0.1, 0.15) is 73.2 Å². The van der Waals surface area contributed by atoms with Gasteiger partial charge in [0.15, 0.2) is 0 Å². The Hall–Kier alpha value is -5.10. The molecule has 3 N–H and O–H groups in total. The third kappa shape index (κ3) is 12.8. The number of carbonyl (C=O) groups excluding carboxylic acids is 4. The first-order valence-corrected chi connectivity index (χ1v) is 16.3. The lowest BCUT2D eigenvalue weighted by Crippen LogP contribution is -2.33. The lowest BCUT2D eigenvalue weighted by atomic mass is 10.1. The lowest BCUT2D eigenvalue weighted by Gasteiger charge is -2.21. The van der Waals surface area contributed by atoms with Crippen molar-refractivity contribution < 1.29 is 38.1 Å². The first kappa shape index (κ1) is 38.3. The number of benzene rings is 3. The Balaban J connectivity index is 1.60. The van der Waals surface area contributed by atoms with Gasteiger partial charge in [0.05, 0.1) is 31.6 Å². The van der Waals surface area contributed by atoms with Gasteiger partial charge in [0, 0.05) is 50.5 Å². The van der Waals surface area contributed by atoms with Crippen molar-refractivity contribution in [2.24, 2.45) is 0 Å². The second kappa shape index (κ2) is 19.0. The van der Waals surface area contributed by atoms with Crippen LogP contribution in [-0.2, 0) is 20.9 Å². The van der Waals surface area contributed by atoms with Crippen molar-refractivity contribution in [1.29, 1.82) is 0 Å². The van der Waals surface area contributed by atoms with Crippen LogP contribution in [0.15, 0.2) is 66.7 Å². The number of para-hydroxylation sites is 2. The summed E-state index contributed by atoms with van der Waals surface area (Å²) in [5.74, 6) is -0.0290. The fourth-order valence-corrected chi connectivity index (χ4v) is 4.69. The van der Waals surface area contributed by atoms with Crippen molar-refractivity contribution in [3.8, 4) is 11.5 Å². The Morgan fingerprint density at radius 2 is 1.53 bits per heavy atom. The van der Waals surface area contributed by atoms with Gasteiger partial charge in [0.2, 0.25) is 5.91 Å². The van der Waals surface area contributed by atoms with E-state index < -0.39 is 17.6 Å². The SMILES string of the molecule is COc1cc(C(=O)N(C)c2ccccc2COCCCCNC(C)=O)ccc1NC(=O)c1ccccc1OCCCNC(=O)OC(C)(C)C. The summed E-state index contributed by atoms with van der Waals surface area (Å²) >= 11 is 0. The molecule has 12 heteroatoms. The molecular weight excluding hydrogens is 628 g/mol. The lowest BCUT2D eigenvalue weighted by molar-refractivity contribution is -0.118. The molecule has 3 aromatic rings. The van der Waals surface area contributed by atoms with Crippen LogP contribution in [0.3, 0.4) is 0 Å². The average Bonchev–Trinajstić information content (AvgIpc) is 3.06. The Labute approximate surface area is 288 Å². The van der Waals surface area contributed by atoms with E-state index in [1.807, 2.05) is 24.3 Å². The Bertz CT molecular complexity index is 1570. The van der Waals surface area contributed by atoms with Crippen LogP contribution in [0, 0.1) is 0 Å². The molecule has 0 heterocycles. The minimum absolute atomic E-state index is 0.0496. The highest BCUT2D eigenvalue weighted by Crippen LogP contribution is 2.29. The molecule has 0 aliphatic heterocycles. The maximum absolute atomic E-state index is 13.6. The summed E-state index contributed by atoms with van der Waals surface area (Å²) in [7, 11) is 3.16. The van der Waals surface area contributed by atoms with Crippen LogP contribution in [-0.4, -0.2) is 69.9 Å². The molecule has 0 unspecified atom stereocenters. The second-order valence-electron chi connectivity index (χ2n) is 12.2. The van der Waals surface area contributed by atoms with E-state index in [-0.39, 0.29) is 18.4 Å². The summed E-state index contributed by atoms with van der Waals surface area (Å²) in [6, 6.07) is 19.2. The van der Waals surface area contributed by atoms with Gasteiger partial charge in [-0.1, -0.05) is 30.3 Å². The van der Waals surface area contributed by atoms with Crippen LogP contribution in [0.4, 0.5) is 16.2 Å². The maximum Gasteiger partial charge on any atom is 0.407 e. The van der Waals surface area contributed by atoms with Gasteiger partial charge >= 0.3 is 6.09 Å². The zero-order valence-corrected chi connectivity index (χ0v) is 29.2. The number of rotatable bonds is 17. The highest BCUT2D eigenvalue weighted by Gasteiger charge is 2.20. The Morgan fingerprint density at radius 3 is 2.27 bits per heavy atom. The monoisotopic (exact) mass is 676 g/mol. The van der Waals surface area contributed by atoms with Crippen molar-refractivity contribution in [2.75, 3.05) is 50.7 Å². The summed E-state index contributed by atoms with van der Waals surface area (Å²) in [6.45, 7) is 8.96. The molecule has 49 heavy (non-hydrogen) atoms. The molecule has 12 nitrogen and oxygen atoms in total. The van der Waals surface area contributed by atoms with E-state index in [0.717, 1.165) is 18.4 Å². The Morgan fingerprint density at radius 1 is 0.816 bits per heavy atom. The first-order valence-electron chi connectivity index (χ1n) is 16.3. The van der Waals surface area contributed by atoms with Gasteiger partial charge in [-0.05, 0) is 76.4 Å². The third-order valence-electron chi connectivity index (χ3n) is 7.08. The highest BCUT2D eigenvalue weighted by molar-refractivity contribution is 6.09. The highest BCUT2D eigenvalue weighted by atomic mass is 16.6. The largest absolute Gasteiger partial charge is 0.495 e. The van der Waals surface area contributed by atoms with Gasteiger partial charge in [-0.2, -0.15) is 0 Å². The van der Waals surface area contributed by atoms with E-state index in [4.69, 9.17) is 18.9 Å². The number of unbranched alkanes of at least 4 members (excludes halogenated alkanes) is 1. The molecule has 4 amide bonds. The van der Waals surface area contributed by atoms with Crippen LogP contribution in [0.5, 0.6) is 11.5 Å². The molecule has 264 valence electrons. The number of methoxy groups -OCH3 is 1. The van der Waals surface area contributed by atoms with Gasteiger partial charge in [0.25, 0.3) is 11.8 Å². The van der Waals surface area contributed by atoms with Gasteiger partial charge in [-0.15, -0.1) is 0 Å². The van der Waals surface area contributed by atoms with Crippen LogP contribution < -0.4 is 30.3 Å². The number of nitrogens with one attached hydrogen (secondary N) is 3. The molecule has 0 saturated carbocycles. The zero-order valence-electron chi connectivity index (χ0n) is 29.2. The van der Waals surface area contributed by atoms with E-state index >= 15 is 0 Å². The van der Waals surface area contributed by atoms with Crippen LogP contribution >= 0.6 is 0 Å². The van der Waals surface area contributed by atoms with Gasteiger partial charge in [-0.3, -0.25) is 14.4 Å².